The second-order valence-electron chi connectivity index (χ2n) is 6.77. The van der Waals surface area contributed by atoms with Crippen LogP contribution >= 0.6 is 0 Å². The van der Waals surface area contributed by atoms with E-state index in [1.54, 1.807) is 23.3 Å². The molecule has 134 valence electrons. The molecule has 7 heteroatoms. The lowest BCUT2D eigenvalue weighted by molar-refractivity contribution is -0.136. The maximum atomic E-state index is 12.7. The molecule has 2 aromatic heterocycles. The Hall–Kier alpha value is -3.48. The third-order valence-electron chi connectivity index (χ3n) is 5.13. The van der Waals surface area contributed by atoms with Crippen LogP contribution in [0.1, 0.15) is 28.8 Å². The SMILES string of the molecule is O=C1CCC(N2Cc3cc(-c4ccc5occc5n4)ccc3C2=O)C(=O)N1. The van der Waals surface area contributed by atoms with Crippen LogP contribution < -0.4 is 5.32 Å². The van der Waals surface area contributed by atoms with Gasteiger partial charge in [0.15, 0.2) is 5.58 Å². The average molecular weight is 361 g/mol. The number of aromatic nitrogens is 1. The van der Waals surface area contributed by atoms with Gasteiger partial charge in [0.2, 0.25) is 11.8 Å². The van der Waals surface area contributed by atoms with E-state index >= 15 is 0 Å². The number of benzene rings is 1. The van der Waals surface area contributed by atoms with E-state index in [0.717, 1.165) is 27.9 Å². The minimum absolute atomic E-state index is 0.177. The molecule has 27 heavy (non-hydrogen) atoms. The molecule has 0 spiro atoms. The highest BCUT2D eigenvalue weighted by atomic mass is 16.3. The number of carbonyl (C=O) groups excluding carboxylic acids is 3. The number of hydrogen-bond donors (Lipinski definition) is 1. The molecule has 0 saturated carbocycles. The Kier molecular flexibility index (Phi) is 3.36. The molecule has 1 N–H and O–H groups in total. The third-order valence-corrected chi connectivity index (χ3v) is 5.13. The van der Waals surface area contributed by atoms with Gasteiger partial charge < -0.3 is 9.32 Å². The topological polar surface area (TPSA) is 92.5 Å². The summed E-state index contributed by atoms with van der Waals surface area (Å²) in [6.07, 6.45) is 2.20. The molecule has 1 aromatic carbocycles. The van der Waals surface area contributed by atoms with E-state index in [9.17, 15) is 14.4 Å². The summed E-state index contributed by atoms with van der Waals surface area (Å²) in [6, 6.07) is 10.5. The molecule has 4 heterocycles. The first-order chi connectivity index (χ1) is 13.1. The molecule has 1 fully saturated rings. The Balaban J connectivity index is 1.46. The van der Waals surface area contributed by atoms with Crippen LogP contribution in [0.15, 0.2) is 47.1 Å². The van der Waals surface area contributed by atoms with Crippen LogP contribution in [-0.2, 0) is 16.1 Å². The van der Waals surface area contributed by atoms with Crippen molar-refractivity contribution < 1.29 is 18.8 Å². The summed E-state index contributed by atoms with van der Waals surface area (Å²) >= 11 is 0. The van der Waals surface area contributed by atoms with Crippen molar-refractivity contribution >= 4 is 28.8 Å². The number of hydrogen-bond acceptors (Lipinski definition) is 5. The smallest absolute Gasteiger partial charge is 0.255 e. The molecule has 5 rings (SSSR count). The Morgan fingerprint density at radius 2 is 2.00 bits per heavy atom. The molecule has 3 amide bonds. The standard InChI is InChI=1S/C20H15N3O4/c24-18-6-4-16(19(25)22-18)23-10-12-9-11(1-2-13(12)20(23)26)14-3-5-17-15(21-14)7-8-27-17/h1-3,5,7-9,16H,4,6,10H2,(H,22,24,25). The summed E-state index contributed by atoms with van der Waals surface area (Å²) in [6.45, 7) is 0.349. The molecule has 2 aliphatic heterocycles. The number of rotatable bonds is 2. The molecular formula is C20H15N3O4. The van der Waals surface area contributed by atoms with Crippen molar-refractivity contribution in [2.45, 2.75) is 25.4 Å². The van der Waals surface area contributed by atoms with Gasteiger partial charge in [-0.3, -0.25) is 19.7 Å². The van der Waals surface area contributed by atoms with E-state index in [1.807, 2.05) is 24.3 Å². The highest BCUT2D eigenvalue weighted by Crippen LogP contribution is 2.31. The Morgan fingerprint density at radius 1 is 1.11 bits per heavy atom. The zero-order chi connectivity index (χ0) is 18.5. The summed E-state index contributed by atoms with van der Waals surface area (Å²) < 4.78 is 5.32. The van der Waals surface area contributed by atoms with Gasteiger partial charge in [0.1, 0.15) is 11.6 Å². The Morgan fingerprint density at radius 3 is 2.85 bits per heavy atom. The fraction of sp³-hybridized carbons (Fsp3) is 0.200. The molecule has 1 unspecified atom stereocenters. The highest BCUT2D eigenvalue weighted by Gasteiger charge is 2.39. The van der Waals surface area contributed by atoms with Crippen molar-refractivity contribution in [1.82, 2.24) is 15.2 Å². The lowest BCUT2D eigenvalue weighted by Crippen LogP contribution is -2.52. The molecule has 7 nitrogen and oxygen atoms in total. The number of nitrogens with one attached hydrogen (secondary N) is 1. The second-order valence-corrected chi connectivity index (χ2v) is 6.77. The van der Waals surface area contributed by atoms with Gasteiger partial charge in [-0.15, -0.1) is 0 Å². The molecular weight excluding hydrogens is 346 g/mol. The van der Waals surface area contributed by atoms with Gasteiger partial charge in [0.05, 0.1) is 12.0 Å². The minimum atomic E-state index is -0.605. The van der Waals surface area contributed by atoms with E-state index in [0.29, 0.717) is 18.5 Å². The van der Waals surface area contributed by atoms with E-state index in [1.165, 1.54) is 0 Å². The number of fused-ring (bicyclic) bond motifs is 2. The zero-order valence-corrected chi connectivity index (χ0v) is 14.3. The Bertz CT molecular complexity index is 1120. The molecule has 0 aliphatic carbocycles. The molecule has 1 atom stereocenters. The summed E-state index contributed by atoms with van der Waals surface area (Å²) in [5.74, 6) is -0.868. The maximum Gasteiger partial charge on any atom is 0.255 e. The summed E-state index contributed by atoms with van der Waals surface area (Å²) in [4.78, 5) is 42.4. The van der Waals surface area contributed by atoms with Crippen molar-refractivity contribution in [2.24, 2.45) is 0 Å². The average Bonchev–Trinajstić information content (AvgIpc) is 3.25. The van der Waals surface area contributed by atoms with Gasteiger partial charge in [-0.05, 0) is 36.2 Å². The van der Waals surface area contributed by atoms with Gasteiger partial charge in [0.25, 0.3) is 5.91 Å². The number of carbonyl (C=O) groups is 3. The number of amides is 3. The number of imide groups is 1. The number of nitrogens with zero attached hydrogens (tertiary/aromatic N) is 2. The molecule has 0 radical (unpaired) electrons. The molecule has 3 aromatic rings. The van der Waals surface area contributed by atoms with E-state index in [2.05, 4.69) is 10.3 Å². The van der Waals surface area contributed by atoms with Gasteiger partial charge in [-0.2, -0.15) is 0 Å². The van der Waals surface area contributed by atoms with Gasteiger partial charge in [-0.25, -0.2) is 4.98 Å². The van der Waals surface area contributed by atoms with Crippen LogP contribution in [0.5, 0.6) is 0 Å². The quantitative estimate of drug-likeness (QED) is 0.707. The van der Waals surface area contributed by atoms with Gasteiger partial charge >= 0.3 is 0 Å². The second kappa shape index (κ2) is 5.77. The molecule has 0 bridgehead atoms. The van der Waals surface area contributed by atoms with Gasteiger partial charge in [-0.1, -0.05) is 6.07 Å². The number of furan rings is 1. The van der Waals surface area contributed by atoms with E-state index < -0.39 is 11.9 Å². The van der Waals surface area contributed by atoms with Crippen molar-refractivity contribution in [3.8, 4) is 11.3 Å². The van der Waals surface area contributed by atoms with E-state index in [4.69, 9.17) is 4.42 Å². The first kappa shape index (κ1) is 15.7. The fourth-order valence-corrected chi connectivity index (χ4v) is 3.75. The molecule has 2 aliphatic rings. The maximum absolute atomic E-state index is 12.7. The fourth-order valence-electron chi connectivity index (χ4n) is 3.75. The third kappa shape index (κ3) is 2.51. The van der Waals surface area contributed by atoms with Crippen molar-refractivity contribution in [1.29, 1.82) is 0 Å². The normalized spacial score (nSPS) is 19.5. The van der Waals surface area contributed by atoms with Crippen molar-refractivity contribution in [3.63, 3.8) is 0 Å². The zero-order valence-electron chi connectivity index (χ0n) is 14.3. The first-order valence-corrected chi connectivity index (χ1v) is 8.72. The minimum Gasteiger partial charge on any atom is -0.463 e. The lowest BCUT2D eigenvalue weighted by atomic mass is 10.0. The largest absolute Gasteiger partial charge is 0.463 e. The van der Waals surface area contributed by atoms with Gasteiger partial charge in [0, 0.05) is 30.2 Å². The van der Waals surface area contributed by atoms with Crippen LogP contribution in [0.4, 0.5) is 0 Å². The first-order valence-electron chi connectivity index (χ1n) is 8.72. The highest BCUT2D eigenvalue weighted by molar-refractivity contribution is 6.05. The van der Waals surface area contributed by atoms with Crippen LogP contribution in [0.2, 0.25) is 0 Å². The van der Waals surface area contributed by atoms with Crippen LogP contribution in [0.3, 0.4) is 0 Å². The predicted octanol–water partition coefficient (Wildman–Crippen LogP) is 2.26. The summed E-state index contributed by atoms with van der Waals surface area (Å²) in [7, 11) is 0. The summed E-state index contributed by atoms with van der Waals surface area (Å²) in [5, 5.41) is 2.31. The lowest BCUT2D eigenvalue weighted by Gasteiger charge is -2.29. The number of pyridine rings is 1. The Labute approximate surface area is 154 Å². The summed E-state index contributed by atoms with van der Waals surface area (Å²) in [5.41, 5.74) is 4.63. The van der Waals surface area contributed by atoms with Crippen LogP contribution in [0.25, 0.3) is 22.4 Å². The monoisotopic (exact) mass is 361 g/mol. The van der Waals surface area contributed by atoms with Crippen LogP contribution in [-0.4, -0.2) is 33.6 Å². The molecule has 1 saturated heterocycles. The van der Waals surface area contributed by atoms with Crippen molar-refractivity contribution in [3.05, 3.63) is 53.8 Å². The predicted molar refractivity (Wildman–Crippen MR) is 95.5 cm³/mol. The van der Waals surface area contributed by atoms with Crippen LogP contribution in [0, 0.1) is 0 Å². The number of piperidine rings is 1. The van der Waals surface area contributed by atoms with Crippen molar-refractivity contribution in [2.75, 3.05) is 0 Å². The van der Waals surface area contributed by atoms with E-state index in [-0.39, 0.29) is 18.2 Å².